The molecular weight excluding hydrogens is 655 g/mol. The predicted octanol–water partition coefficient (Wildman–Crippen LogP) is 2.80. The number of H-pyrrole nitrogens is 1. The van der Waals surface area contributed by atoms with Crippen molar-refractivity contribution in [2.75, 3.05) is 5.43 Å². The molecule has 3 aromatic rings. The molecule has 0 saturated carbocycles. The first kappa shape index (κ1) is 37.0. The first-order chi connectivity index (χ1) is 21.8. The van der Waals surface area contributed by atoms with Crippen molar-refractivity contribution in [1.82, 2.24) is 24.9 Å². The third-order valence-corrected chi connectivity index (χ3v) is 9.20. The van der Waals surface area contributed by atoms with E-state index in [1.807, 2.05) is 37.3 Å². The molecule has 4 rings (SSSR count). The average molecular weight is 699 g/mol. The Morgan fingerprint density at radius 3 is 2.51 bits per heavy atom. The number of imidazole rings is 1. The molecule has 0 amide bonds. The van der Waals surface area contributed by atoms with E-state index in [0.717, 1.165) is 5.56 Å². The van der Waals surface area contributed by atoms with Crippen molar-refractivity contribution in [2.24, 2.45) is 11.3 Å². The van der Waals surface area contributed by atoms with E-state index in [1.54, 1.807) is 27.7 Å². The first-order valence-corrected chi connectivity index (χ1v) is 17.0. The molecule has 3 heterocycles. The lowest BCUT2D eigenvalue weighted by Gasteiger charge is -2.49. The molecule has 8 N–H and O–H groups in total. The van der Waals surface area contributed by atoms with E-state index in [2.05, 4.69) is 25.8 Å². The van der Waals surface area contributed by atoms with E-state index in [-0.39, 0.29) is 17.1 Å². The van der Waals surface area contributed by atoms with Gasteiger partial charge in [0.1, 0.15) is 23.4 Å². The molecule has 1 saturated heterocycles. The molecule has 0 bridgehead atoms. The number of fused-ring (bicyclic) bond motifs is 1. The fraction of sp³-hybridized carbons (Fsp3) is 0.586. The number of hydrazine groups is 1. The molecular formula is C29H43N6O10PS. The smallest absolute Gasteiger partial charge is 0.472 e. The molecule has 16 nitrogen and oxygen atoms in total. The van der Waals surface area contributed by atoms with Crippen LogP contribution in [0.1, 0.15) is 66.2 Å². The van der Waals surface area contributed by atoms with Crippen LogP contribution in [0.15, 0.2) is 41.5 Å². The lowest BCUT2D eigenvalue weighted by Crippen LogP contribution is -2.61. The number of anilines is 1. The van der Waals surface area contributed by atoms with Gasteiger partial charge < -0.3 is 34.6 Å². The van der Waals surface area contributed by atoms with Gasteiger partial charge >= 0.3 is 7.82 Å². The Morgan fingerprint density at radius 1 is 1.28 bits per heavy atom. The number of phosphoric ester groups is 1. The summed E-state index contributed by atoms with van der Waals surface area (Å²) in [4.78, 5) is 43.7. The number of hydrogen-bond donors (Lipinski definition) is 8. The van der Waals surface area contributed by atoms with Crippen molar-refractivity contribution in [3.8, 4) is 0 Å². The fourth-order valence-corrected chi connectivity index (χ4v) is 7.06. The molecule has 1 aliphatic heterocycles. The van der Waals surface area contributed by atoms with Crippen LogP contribution in [0.3, 0.4) is 0 Å². The number of phosphoric acid groups is 1. The zero-order valence-corrected chi connectivity index (χ0v) is 28.7. The number of aliphatic hydroxyl groups is 3. The number of thiocarbonyl (C=S) groups is 1. The van der Waals surface area contributed by atoms with E-state index in [9.17, 15) is 34.5 Å². The van der Waals surface area contributed by atoms with Gasteiger partial charge in [0.15, 0.2) is 28.7 Å². The summed E-state index contributed by atoms with van der Waals surface area (Å²) in [5, 5.41) is 33.3. The van der Waals surface area contributed by atoms with Gasteiger partial charge in [-0.3, -0.25) is 24.3 Å². The molecule has 18 heteroatoms. The van der Waals surface area contributed by atoms with Gasteiger partial charge in [-0.2, -0.15) is 4.98 Å². The van der Waals surface area contributed by atoms with E-state index in [0.29, 0.717) is 19.4 Å². The van der Waals surface area contributed by atoms with Gasteiger partial charge in [0, 0.05) is 6.54 Å². The minimum atomic E-state index is -5.34. The quantitative estimate of drug-likeness (QED) is 0.0523. The Kier molecular flexibility index (Phi) is 11.0. The standard InChI is InChI=1S/C29H43N6O10PS/c1-7-11-16(2)29(25(38)47,27(3,4)5)44-24(45-46(40,41)42)20-28(6,39)19(36)23(43-20)35-15-30-18-21(35)32-26(33-22(18)37)34-31-14-17-12-9-8-10-13-17/h8-10,12-13,15-16,19-20,23-24,31,36,39H,7,11,14H2,1-6H3,(H,38,47)(H2,40,41,42)(H2,32,33,34,37)/t16?,19-,20+,23+,24?,28-,29?/m0/s1. The van der Waals surface area contributed by atoms with E-state index < -0.39 is 65.7 Å². The maximum Gasteiger partial charge on any atom is 0.472 e. The topological polar surface area (TPSA) is 234 Å². The van der Waals surface area contributed by atoms with Crippen LogP contribution in [-0.2, 0) is 25.1 Å². The van der Waals surface area contributed by atoms with Crippen molar-refractivity contribution in [3.05, 3.63) is 52.6 Å². The Labute approximate surface area is 276 Å². The minimum Gasteiger partial charge on any atom is -0.500 e. The van der Waals surface area contributed by atoms with Gasteiger partial charge in [-0.15, -0.1) is 0 Å². The zero-order chi connectivity index (χ0) is 34.9. The highest BCUT2D eigenvalue weighted by Crippen LogP contribution is 2.50. The van der Waals surface area contributed by atoms with Gasteiger partial charge in [-0.25, -0.2) is 15.0 Å². The van der Waals surface area contributed by atoms with Gasteiger partial charge in [-0.1, -0.05) is 71.4 Å². The molecule has 0 radical (unpaired) electrons. The number of aromatic nitrogens is 4. The molecule has 47 heavy (non-hydrogen) atoms. The van der Waals surface area contributed by atoms with Crippen molar-refractivity contribution in [1.29, 1.82) is 0 Å². The van der Waals surface area contributed by atoms with Crippen LogP contribution in [0.2, 0.25) is 0 Å². The van der Waals surface area contributed by atoms with Crippen LogP contribution in [0, 0.1) is 11.3 Å². The number of rotatable bonds is 14. The average Bonchev–Trinajstić information content (AvgIpc) is 3.48. The number of hydrogen-bond acceptors (Lipinski definition) is 12. The molecule has 0 aliphatic carbocycles. The Hall–Kier alpha value is -2.83. The number of benzene rings is 1. The molecule has 0 spiro atoms. The van der Waals surface area contributed by atoms with Gasteiger partial charge in [0.2, 0.25) is 5.95 Å². The summed E-state index contributed by atoms with van der Waals surface area (Å²) in [5.41, 5.74) is 0.979. The van der Waals surface area contributed by atoms with Crippen LogP contribution >= 0.6 is 20.0 Å². The molecule has 3 unspecified atom stereocenters. The monoisotopic (exact) mass is 698 g/mol. The van der Waals surface area contributed by atoms with Gasteiger partial charge in [-0.05, 0) is 42.5 Å². The SMILES string of the molecule is CCCC(C)C(OC(OP(=O)(O)O)[C@H]1O[C@@H](n2cnc3c(=O)[nH]c(NNCc4ccccc4)nc32)[C@H](O)[C@]1(C)O)(C(O)=S)C(C)(C)C. The lowest BCUT2D eigenvalue weighted by molar-refractivity contribution is -0.264. The van der Waals surface area contributed by atoms with Crippen LogP contribution in [0.5, 0.6) is 0 Å². The molecule has 1 aromatic carbocycles. The van der Waals surface area contributed by atoms with Crippen molar-refractivity contribution in [3.63, 3.8) is 0 Å². The normalized spacial score (nSPS) is 24.6. The summed E-state index contributed by atoms with van der Waals surface area (Å²) in [6.07, 6.45) is -4.81. The zero-order valence-electron chi connectivity index (χ0n) is 26.9. The predicted molar refractivity (Wildman–Crippen MR) is 175 cm³/mol. The summed E-state index contributed by atoms with van der Waals surface area (Å²) < 4.78 is 30.9. The summed E-state index contributed by atoms with van der Waals surface area (Å²) in [5.74, 6) is -0.492. The Balaban J connectivity index is 1.72. The Bertz CT molecular complexity index is 1660. The summed E-state index contributed by atoms with van der Waals surface area (Å²) >= 11 is 5.27. The largest absolute Gasteiger partial charge is 0.500 e. The lowest BCUT2D eigenvalue weighted by atomic mass is 9.68. The van der Waals surface area contributed by atoms with Crippen LogP contribution < -0.4 is 16.4 Å². The minimum absolute atomic E-state index is 0.0124. The fourth-order valence-electron chi connectivity index (χ4n) is 6.08. The second-order valence-corrected chi connectivity index (χ2v) is 14.5. The van der Waals surface area contributed by atoms with Crippen molar-refractivity contribution in [2.45, 2.75) is 96.9 Å². The first-order valence-electron chi connectivity index (χ1n) is 15.0. The second-order valence-electron chi connectivity index (χ2n) is 12.9. The van der Waals surface area contributed by atoms with E-state index >= 15 is 0 Å². The van der Waals surface area contributed by atoms with Gasteiger partial charge in [0.05, 0.1) is 6.33 Å². The number of nitrogens with one attached hydrogen (secondary N) is 3. The number of nitrogens with zero attached hydrogens (tertiary/aromatic N) is 3. The number of ether oxygens (including phenoxy) is 2. The third kappa shape index (κ3) is 7.59. The summed E-state index contributed by atoms with van der Waals surface area (Å²) in [6.45, 7) is 10.4. The summed E-state index contributed by atoms with van der Waals surface area (Å²) in [7, 11) is -5.34. The van der Waals surface area contributed by atoms with E-state index in [4.69, 9.17) is 26.2 Å². The molecule has 260 valence electrons. The van der Waals surface area contributed by atoms with Crippen molar-refractivity contribution < 1.29 is 43.7 Å². The highest BCUT2D eigenvalue weighted by Gasteiger charge is 2.61. The highest BCUT2D eigenvalue weighted by molar-refractivity contribution is 7.80. The van der Waals surface area contributed by atoms with Crippen molar-refractivity contribution >= 4 is 42.2 Å². The highest BCUT2D eigenvalue weighted by atomic mass is 32.1. The van der Waals surface area contributed by atoms with Crippen LogP contribution in [-0.4, -0.2) is 79.4 Å². The van der Waals surface area contributed by atoms with E-state index in [1.165, 1.54) is 17.8 Å². The second kappa shape index (κ2) is 14.0. The number of aliphatic hydroxyl groups excluding tert-OH is 2. The Morgan fingerprint density at radius 2 is 1.94 bits per heavy atom. The molecule has 2 aromatic heterocycles. The maximum absolute atomic E-state index is 12.9. The summed E-state index contributed by atoms with van der Waals surface area (Å²) in [6, 6.07) is 9.45. The third-order valence-electron chi connectivity index (χ3n) is 8.42. The molecule has 1 fully saturated rings. The van der Waals surface area contributed by atoms with Crippen LogP contribution in [0.25, 0.3) is 11.2 Å². The molecule has 7 atom stereocenters. The molecule has 1 aliphatic rings. The van der Waals surface area contributed by atoms with Gasteiger partial charge in [0.25, 0.3) is 5.56 Å². The maximum atomic E-state index is 12.9. The number of aromatic amines is 1. The van der Waals surface area contributed by atoms with Crippen LogP contribution in [0.4, 0.5) is 5.95 Å².